The molecule has 0 bridgehead atoms. The summed E-state index contributed by atoms with van der Waals surface area (Å²) in [6, 6.07) is 2.00. The highest BCUT2D eigenvalue weighted by atomic mass is 16.2. The molecule has 1 fully saturated rings. The minimum Gasteiger partial charge on any atom is -0.355 e. The molecule has 1 aliphatic rings. The topological polar surface area (TPSA) is 71.8 Å². The highest BCUT2D eigenvalue weighted by Gasteiger charge is 2.19. The van der Waals surface area contributed by atoms with Crippen molar-refractivity contribution < 1.29 is 4.79 Å². The van der Waals surface area contributed by atoms with E-state index in [1.807, 2.05) is 20.2 Å². The van der Waals surface area contributed by atoms with E-state index < -0.39 is 0 Å². The van der Waals surface area contributed by atoms with Crippen molar-refractivity contribution in [3.05, 3.63) is 23.5 Å². The summed E-state index contributed by atoms with van der Waals surface area (Å²) < 4.78 is 1.79. The molecule has 2 aromatic heterocycles. The third-order valence-corrected chi connectivity index (χ3v) is 4.01. The Bertz CT molecular complexity index is 663. The van der Waals surface area contributed by atoms with Gasteiger partial charge in [0.2, 0.25) is 5.91 Å². The lowest BCUT2D eigenvalue weighted by Crippen LogP contribution is -2.42. The van der Waals surface area contributed by atoms with Crippen molar-refractivity contribution in [2.75, 3.05) is 6.54 Å². The van der Waals surface area contributed by atoms with Gasteiger partial charge in [-0.3, -0.25) is 9.48 Å². The van der Waals surface area contributed by atoms with Crippen molar-refractivity contribution >= 4 is 16.9 Å². The Morgan fingerprint density at radius 3 is 3.19 bits per heavy atom. The molecule has 0 radical (unpaired) electrons. The van der Waals surface area contributed by atoms with Crippen LogP contribution in [0.5, 0.6) is 0 Å². The fourth-order valence-electron chi connectivity index (χ4n) is 2.82. The standard InChI is InChI=1S/C15H21N5O/c1-10-12-7-11(9-18-14(12)20(2)19-10)8-17-13-5-3-4-6-16-15(13)21/h7,9,13,17H,3-6,8H2,1-2H3,(H,16,21)/t13-/m0/s1. The second-order valence-electron chi connectivity index (χ2n) is 5.64. The van der Waals surface area contributed by atoms with Gasteiger partial charge in [-0.05, 0) is 37.8 Å². The van der Waals surface area contributed by atoms with Crippen molar-refractivity contribution in [2.24, 2.45) is 7.05 Å². The van der Waals surface area contributed by atoms with Crippen molar-refractivity contribution in [1.82, 2.24) is 25.4 Å². The Balaban J connectivity index is 1.72. The summed E-state index contributed by atoms with van der Waals surface area (Å²) in [6.07, 6.45) is 4.89. The number of nitrogens with zero attached hydrogens (tertiary/aromatic N) is 3. The molecule has 0 spiro atoms. The van der Waals surface area contributed by atoms with E-state index in [0.29, 0.717) is 6.54 Å². The van der Waals surface area contributed by atoms with Crippen LogP contribution < -0.4 is 10.6 Å². The van der Waals surface area contributed by atoms with Crippen LogP contribution in [0.1, 0.15) is 30.5 Å². The SMILES string of the molecule is Cc1nn(C)c2ncc(CN[C@H]3CCCCNC3=O)cc12. The highest BCUT2D eigenvalue weighted by molar-refractivity contribution is 5.82. The summed E-state index contributed by atoms with van der Waals surface area (Å²) in [5, 5.41) is 11.7. The molecule has 0 unspecified atom stereocenters. The molecule has 1 saturated heterocycles. The van der Waals surface area contributed by atoms with Gasteiger partial charge in [0.05, 0.1) is 11.7 Å². The van der Waals surface area contributed by atoms with Gasteiger partial charge in [-0.15, -0.1) is 0 Å². The van der Waals surface area contributed by atoms with Gasteiger partial charge in [-0.2, -0.15) is 5.10 Å². The van der Waals surface area contributed by atoms with Crippen LogP contribution >= 0.6 is 0 Å². The van der Waals surface area contributed by atoms with Gasteiger partial charge in [0, 0.05) is 31.7 Å². The Morgan fingerprint density at radius 1 is 1.48 bits per heavy atom. The maximum atomic E-state index is 11.9. The van der Waals surface area contributed by atoms with E-state index in [0.717, 1.165) is 48.1 Å². The van der Waals surface area contributed by atoms with Gasteiger partial charge in [0.15, 0.2) is 5.65 Å². The molecule has 0 saturated carbocycles. The Hall–Kier alpha value is -1.95. The van der Waals surface area contributed by atoms with Crippen LogP contribution in [0.4, 0.5) is 0 Å². The molecule has 0 aromatic carbocycles. The zero-order valence-electron chi connectivity index (χ0n) is 12.5. The summed E-state index contributed by atoms with van der Waals surface area (Å²) in [6.45, 7) is 3.43. The number of nitrogens with one attached hydrogen (secondary N) is 2. The van der Waals surface area contributed by atoms with Gasteiger partial charge < -0.3 is 10.6 Å². The number of aryl methyl sites for hydroxylation is 2. The summed E-state index contributed by atoms with van der Waals surface area (Å²) >= 11 is 0. The van der Waals surface area contributed by atoms with E-state index in [4.69, 9.17) is 0 Å². The zero-order valence-corrected chi connectivity index (χ0v) is 12.5. The van der Waals surface area contributed by atoms with E-state index in [9.17, 15) is 4.79 Å². The Labute approximate surface area is 123 Å². The molecule has 21 heavy (non-hydrogen) atoms. The first kappa shape index (κ1) is 14.0. The normalized spacial score (nSPS) is 19.5. The van der Waals surface area contributed by atoms with Crippen LogP contribution in [0.25, 0.3) is 11.0 Å². The number of pyridine rings is 1. The van der Waals surface area contributed by atoms with E-state index >= 15 is 0 Å². The van der Waals surface area contributed by atoms with Crippen LogP contribution in [0, 0.1) is 6.92 Å². The zero-order chi connectivity index (χ0) is 14.8. The van der Waals surface area contributed by atoms with Crippen LogP contribution in [-0.4, -0.2) is 33.3 Å². The third kappa shape index (κ3) is 2.90. The summed E-state index contributed by atoms with van der Waals surface area (Å²) in [7, 11) is 1.90. The molecule has 6 heteroatoms. The van der Waals surface area contributed by atoms with Gasteiger partial charge in [-0.1, -0.05) is 0 Å². The number of rotatable bonds is 3. The molecule has 6 nitrogen and oxygen atoms in total. The fourth-order valence-corrected chi connectivity index (χ4v) is 2.82. The average molecular weight is 287 g/mol. The monoisotopic (exact) mass is 287 g/mol. The van der Waals surface area contributed by atoms with E-state index in [1.165, 1.54) is 0 Å². The minimum atomic E-state index is -0.0989. The lowest BCUT2D eigenvalue weighted by atomic mass is 10.1. The predicted molar refractivity (Wildman–Crippen MR) is 80.7 cm³/mol. The smallest absolute Gasteiger partial charge is 0.237 e. The second-order valence-corrected chi connectivity index (χ2v) is 5.64. The van der Waals surface area contributed by atoms with E-state index in [2.05, 4.69) is 26.8 Å². The van der Waals surface area contributed by atoms with Crippen LogP contribution in [0.3, 0.4) is 0 Å². The molecular weight excluding hydrogens is 266 g/mol. The van der Waals surface area contributed by atoms with E-state index in [1.54, 1.807) is 4.68 Å². The number of fused-ring (bicyclic) bond motifs is 1. The summed E-state index contributed by atoms with van der Waals surface area (Å²) in [5.41, 5.74) is 2.95. The highest BCUT2D eigenvalue weighted by Crippen LogP contribution is 2.16. The van der Waals surface area contributed by atoms with Crippen LogP contribution in [-0.2, 0) is 18.4 Å². The van der Waals surface area contributed by atoms with Crippen molar-refractivity contribution in [3.8, 4) is 0 Å². The average Bonchev–Trinajstić information content (AvgIpc) is 2.63. The molecule has 1 atom stereocenters. The first-order chi connectivity index (χ1) is 10.1. The van der Waals surface area contributed by atoms with Crippen LogP contribution in [0.2, 0.25) is 0 Å². The summed E-state index contributed by atoms with van der Waals surface area (Å²) in [4.78, 5) is 16.4. The maximum Gasteiger partial charge on any atom is 0.237 e. The molecule has 2 aromatic rings. The predicted octanol–water partition coefficient (Wildman–Crippen LogP) is 1.04. The van der Waals surface area contributed by atoms with Crippen molar-refractivity contribution in [1.29, 1.82) is 0 Å². The number of carbonyl (C=O) groups excluding carboxylic acids is 1. The molecule has 0 aliphatic carbocycles. The minimum absolute atomic E-state index is 0.0989. The molecule has 3 rings (SSSR count). The largest absolute Gasteiger partial charge is 0.355 e. The molecule has 112 valence electrons. The first-order valence-electron chi connectivity index (χ1n) is 7.44. The molecule has 1 amide bonds. The lowest BCUT2D eigenvalue weighted by Gasteiger charge is -2.15. The molecule has 3 heterocycles. The number of amides is 1. The van der Waals surface area contributed by atoms with Gasteiger partial charge in [0.1, 0.15) is 0 Å². The third-order valence-electron chi connectivity index (χ3n) is 4.01. The number of hydrogen-bond donors (Lipinski definition) is 2. The van der Waals surface area contributed by atoms with Crippen molar-refractivity contribution in [3.63, 3.8) is 0 Å². The maximum absolute atomic E-state index is 11.9. The summed E-state index contributed by atoms with van der Waals surface area (Å²) in [5.74, 6) is 0.110. The van der Waals surface area contributed by atoms with Crippen molar-refractivity contribution in [2.45, 2.75) is 38.8 Å². The fraction of sp³-hybridized carbons (Fsp3) is 0.533. The quantitative estimate of drug-likeness (QED) is 0.884. The lowest BCUT2D eigenvalue weighted by molar-refractivity contribution is -0.122. The molecule has 1 aliphatic heterocycles. The number of aromatic nitrogens is 3. The second kappa shape index (κ2) is 5.81. The molecular formula is C15H21N5O. The van der Waals surface area contributed by atoms with Gasteiger partial charge >= 0.3 is 0 Å². The first-order valence-corrected chi connectivity index (χ1v) is 7.44. The number of hydrogen-bond acceptors (Lipinski definition) is 4. The molecule has 2 N–H and O–H groups in total. The Kier molecular flexibility index (Phi) is 3.88. The Morgan fingerprint density at radius 2 is 2.33 bits per heavy atom. The van der Waals surface area contributed by atoms with Crippen LogP contribution in [0.15, 0.2) is 12.3 Å². The van der Waals surface area contributed by atoms with Gasteiger partial charge in [0.25, 0.3) is 0 Å². The van der Waals surface area contributed by atoms with E-state index in [-0.39, 0.29) is 11.9 Å². The van der Waals surface area contributed by atoms with Gasteiger partial charge in [-0.25, -0.2) is 4.98 Å². The number of carbonyl (C=O) groups is 1.